The lowest BCUT2D eigenvalue weighted by atomic mass is 10.1. The van der Waals surface area contributed by atoms with Gasteiger partial charge in [-0.3, -0.25) is 10.2 Å². The molecule has 24 heavy (non-hydrogen) atoms. The number of nitrogens with two attached hydrogens (primary N) is 1. The number of furan rings is 1. The highest BCUT2D eigenvalue weighted by molar-refractivity contribution is 6.20. The van der Waals surface area contributed by atoms with Gasteiger partial charge in [0.25, 0.3) is 5.91 Å². The van der Waals surface area contributed by atoms with Gasteiger partial charge in [0.1, 0.15) is 17.0 Å². The quantitative estimate of drug-likeness (QED) is 0.435. The first kappa shape index (κ1) is 14.1. The largest absolute Gasteiger partial charge is 0.508 e. The summed E-state index contributed by atoms with van der Waals surface area (Å²) in [5.74, 6) is -0.331. The molecule has 0 radical (unpaired) electrons. The molecule has 0 bridgehead atoms. The number of benzene rings is 2. The van der Waals surface area contributed by atoms with Crippen molar-refractivity contribution >= 4 is 33.5 Å². The van der Waals surface area contributed by atoms with E-state index in [-0.39, 0.29) is 22.7 Å². The number of fused-ring (bicyclic) bond motifs is 2. The van der Waals surface area contributed by atoms with Crippen molar-refractivity contribution in [2.75, 3.05) is 0 Å². The normalized spacial score (nSPS) is 11.2. The molecule has 0 saturated heterocycles. The molecule has 0 fully saturated rings. The van der Waals surface area contributed by atoms with Crippen molar-refractivity contribution in [3.05, 3.63) is 65.5 Å². The topological polar surface area (TPSA) is 116 Å². The van der Waals surface area contributed by atoms with Crippen LogP contribution in [0.4, 0.5) is 0 Å². The molecule has 2 heterocycles. The number of nitrogens with one attached hydrogen (secondary N) is 2. The van der Waals surface area contributed by atoms with E-state index in [9.17, 15) is 9.90 Å². The molecule has 0 saturated carbocycles. The Morgan fingerprint density at radius 1 is 1.17 bits per heavy atom. The predicted octanol–water partition coefficient (Wildman–Crippen LogP) is 3.13. The Morgan fingerprint density at radius 2 is 1.96 bits per heavy atom. The number of primary amides is 1. The van der Waals surface area contributed by atoms with Crippen molar-refractivity contribution < 1.29 is 14.3 Å². The summed E-state index contributed by atoms with van der Waals surface area (Å²) in [6.45, 7) is 0. The molecule has 118 valence electrons. The zero-order chi connectivity index (χ0) is 16.8. The van der Waals surface area contributed by atoms with E-state index < -0.39 is 5.91 Å². The Labute approximate surface area is 136 Å². The second kappa shape index (κ2) is 4.99. The number of hydrogen-bond acceptors (Lipinski definition) is 4. The van der Waals surface area contributed by atoms with E-state index in [0.717, 1.165) is 5.39 Å². The molecule has 2 aromatic heterocycles. The van der Waals surface area contributed by atoms with Gasteiger partial charge in [0.2, 0.25) is 0 Å². The van der Waals surface area contributed by atoms with Gasteiger partial charge in [0, 0.05) is 16.3 Å². The number of aromatic amines is 1. The van der Waals surface area contributed by atoms with Crippen LogP contribution in [0.1, 0.15) is 21.8 Å². The first-order valence-electron chi connectivity index (χ1n) is 7.27. The van der Waals surface area contributed by atoms with Crippen LogP contribution in [-0.4, -0.2) is 21.7 Å². The van der Waals surface area contributed by atoms with Gasteiger partial charge in [0.05, 0.1) is 11.3 Å². The minimum atomic E-state index is -0.678. The Kier molecular flexibility index (Phi) is 2.93. The summed E-state index contributed by atoms with van der Waals surface area (Å²) >= 11 is 0. The van der Waals surface area contributed by atoms with Crippen LogP contribution in [0.25, 0.3) is 21.9 Å². The second-order valence-electron chi connectivity index (χ2n) is 5.49. The number of aromatic hydroxyl groups is 1. The fourth-order valence-corrected chi connectivity index (χ4v) is 2.85. The maximum atomic E-state index is 11.9. The highest BCUT2D eigenvalue weighted by Gasteiger charge is 2.22. The first-order valence-corrected chi connectivity index (χ1v) is 7.27. The van der Waals surface area contributed by atoms with Crippen molar-refractivity contribution in [1.29, 1.82) is 5.41 Å². The standard InChI is InChI=1S/C18H13N3O3/c19-16(14-7-9-3-1-2-4-13(9)24-14)17-15(18(20)23)11-8-10(22)5-6-12(11)21-17/h1-8,19,21-22H,(H2,20,23). The van der Waals surface area contributed by atoms with E-state index in [0.29, 0.717) is 22.2 Å². The van der Waals surface area contributed by atoms with Crippen LogP contribution in [0, 0.1) is 5.41 Å². The van der Waals surface area contributed by atoms with Crippen molar-refractivity contribution in [2.45, 2.75) is 0 Å². The SMILES string of the molecule is N=C(c1cc2ccccc2o1)c1[nH]c2ccc(O)cc2c1C(N)=O. The summed E-state index contributed by atoms with van der Waals surface area (Å²) in [5.41, 5.74) is 7.21. The summed E-state index contributed by atoms with van der Waals surface area (Å²) in [6.07, 6.45) is 0. The third-order valence-corrected chi connectivity index (χ3v) is 3.95. The number of para-hydroxylation sites is 1. The second-order valence-corrected chi connectivity index (χ2v) is 5.49. The number of carbonyl (C=O) groups is 1. The molecule has 6 heteroatoms. The molecule has 4 rings (SSSR count). The number of rotatable bonds is 3. The van der Waals surface area contributed by atoms with Crippen LogP contribution in [0.2, 0.25) is 0 Å². The molecule has 4 aromatic rings. The van der Waals surface area contributed by atoms with Crippen LogP contribution in [0.15, 0.2) is 52.9 Å². The zero-order valence-electron chi connectivity index (χ0n) is 12.5. The number of phenolic OH excluding ortho intramolecular Hbond substituents is 1. The van der Waals surface area contributed by atoms with Gasteiger partial charge < -0.3 is 20.2 Å². The average molecular weight is 319 g/mol. The molecule has 2 aromatic carbocycles. The van der Waals surface area contributed by atoms with Crippen LogP contribution in [0.5, 0.6) is 5.75 Å². The fourth-order valence-electron chi connectivity index (χ4n) is 2.85. The van der Waals surface area contributed by atoms with Gasteiger partial charge >= 0.3 is 0 Å². The van der Waals surface area contributed by atoms with Crippen LogP contribution in [-0.2, 0) is 0 Å². The maximum Gasteiger partial charge on any atom is 0.251 e. The average Bonchev–Trinajstić information content (AvgIpc) is 3.14. The summed E-state index contributed by atoms with van der Waals surface area (Å²) < 4.78 is 5.69. The van der Waals surface area contributed by atoms with Gasteiger partial charge in [-0.05, 0) is 30.3 Å². The monoisotopic (exact) mass is 319 g/mol. The molecule has 6 nitrogen and oxygen atoms in total. The van der Waals surface area contributed by atoms with Gasteiger partial charge in [-0.25, -0.2) is 0 Å². The van der Waals surface area contributed by atoms with Crippen LogP contribution >= 0.6 is 0 Å². The summed E-state index contributed by atoms with van der Waals surface area (Å²) in [6, 6.07) is 13.7. The highest BCUT2D eigenvalue weighted by Crippen LogP contribution is 2.28. The Hall–Kier alpha value is -3.54. The lowest BCUT2D eigenvalue weighted by Gasteiger charge is -2.01. The molecule has 0 spiro atoms. The molecular formula is C18H13N3O3. The van der Waals surface area contributed by atoms with E-state index in [1.54, 1.807) is 12.1 Å². The fraction of sp³-hybridized carbons (Fsp3) is 0. The van der Waals surface area contributed by atoms with E-state index in [1.165, 1.54) is 12.1 Å². The number of phenols is 1. The lowest BCUT2D eigenvalue weighted by molar-refractivity contribution is 0.100. The predicted molar refractivity (Wildman–Crippen MR) is 90.6 cm³/mol. The van der Waals surface area contributed by atoms with E-state index >= 15 is 0 Å². The molecule has 1 amide bonds. The minimum Gasteiger partial charge on any atom is -0.508 e. The van der Waals surface area contributed by atoms with Crippen molar-refractivity contribution in [1.82, 2.24) is 4.98 Å². The lowest BCUT2D eigenvalue weighted by Crippen LogP contribution is -2.15. The minimum absolute atomic E-state index is 0.0193. The van der Waals surface area contributed by atoms with Crippen molar-refractivity contribution in [2.24, 2.45) is 5.73 Å². The molecule has 0 aliphatic heterocycles. The number of carbonyl (C=O) groups excluding carboxylic acids is 1. The summed E-state index contributed by atoms with van der Waals surface area (Å²) in [4.78, 5) is 14.9. The molecular weight excluding hydrogens is 306 g/mol. The van der Waals surface area contributed by atoms with Crippen molar-refractivity contribution in [3.8, 4) is 5.75 Å². The Bertz CT molecular complexity index is 1090. The highest BCUT2D eigenvalue weighted by atomic mass is 16.3. The van der Waals surface area contributed by atoms with Crippen LogP contribution in [0.3, 0.4) is 0 Å². The number of H-pyrrole nitrogens is 1. The number of aromatic nitrogens is 1. The van der Waals surface area contributed by atoms with Crippen molar-refractivity contribution in [3.63, 3.8) is 0 Å². The molecule has 0 atom stereocenters. The van der Waals surface area contributed by atoms with Gasteiger partial charge in [-0.15, -0.1) is 0 Å². The van der Waals surface area contributed by atoms with Crippen LogP contribution < -0.4 is 5.73 Å². The van der Waals surface area contributed by atoms with Gasteiger partial charge in [0.15, 0.2) is 5.76 Å². The van der Waals surface area contributed by atoms with Gasteiger partial charge in [-0.1, -0.05) is 18.2 Å². The molecule has 0 unspecified atom stereocenters. The third-order valence-electron chi connectivity index (χ3n) is 3.95. The molecule has 5 N–H and O–H groups in total. The molecule has 0 aliphatic rings. The number of amides is 1. The smallest absolute Gasteiger partial charge is 0.251 e. The molecule has 0 aliphatic carbocycles. The summed E-state index contributed by atoms with van der Waals surface area (Å²) in [5, 5.41) is 19.4. The first-order chi connectivity index (χ1) is 11.5. The van der Waals surface area contributed by atoms with E-state index in [4.69, 9.17) is 15.6 Å². The Morgan fingerprint density at radius 3 is 2.71 bits per heavy atom. The van der Waals surface area contributed by atoms with E-state index in [2.05, 4.69) is 4.98 Å². The third kappa shape index (κ3) is 2.04. The van der Waals surface area contributed by atoms with Gasteiger partial charge in [-0.2, -0.15) is 0 Å². The zero-order valence-corrected chi connectivity index (χ0v) is 12.5. The Balaban J connectivity index is 1.93. The maximum absolute atomic E-state index is 11.9. The summed E-state index contributed by atoms with van der Waals surface area (Å²) in [7, 11) is 0. The number of hydrogen-bond donors (Lipinski definition) is 4. The van der Waals surface area contributed by atoms with E-state index in [1.807, 2.05) is 24.3 Å².